The maximum Gasteiger partial charge on any atom is 0.136 e. The van der Waals surface area contributed by atoms with E-state index in [0.29, 0.717) is 5.88 Å². The lowest BCUT2D eigenvalue weighted by Gasteiger charge is -2.20. The van der Waals surface area contributed by atoms with Crippen molar-refractivity contribution in [2.45, 2.75) is 12.4 Å². The molecule has 102 valence electrons. The highest BCUT2D eigenvalue weighted by Gasteiger charge is 2.11. The molecule has 2 heterocycles. The molecule has 0 bridgehead atoms. The number of alkyl halides is 1. The third-order valence-corrected chi connectivity index (χ3v) is 3.65. The van der Waals surface area contributed by atoms with Crippen molar-refractivity contribution >= 4 is 28.2 Å². The van der Waals surface area contributed by atoms with Crippen molar-refractivity contribution in [2.75, 3.05) is 11.9 Å². The Hall–Kier alpha value is -2.00. The number of hydrogen-bond acceptors (Lipinski definition) is 3. The Labute approximate surface area is 122 Å². The van der Waals surface area contributed by atoms with Crippen LogP contribution in [0.2, 0.25) is 0 Å². The monoisotopic (exact) mass is 286 g/mol. The van der Waals surface area contributed by atoms with Crippen LogP contribution >= 0.6 is 11.6 Å². The van der Waals surface area contributed by atoms with E-state index >= 15 is 0 Å². The van der Waals surface area contributed by atoms with E-state index in [9.17, 15) is 0 Å². The Balaban J connectivity index is 2.03. The first-order chi connectivity index (χ1) is 9.79. The van der Waals surface area contributed by atoms with E-state index in [-0.39, 0.29) is 0 Å². The first-order valence-corrected chi connectivity index (χ1v) is 6.98. The van der Waals surface area contributed by atoms with Gasteiger partial charge in [-0.3, -0.25) is 0 Å². The van der Waals surface area contributed by atoms with Crippen LogP contribution in [0.3, 0.4) is 0 Å². The van der Waals surface area contributed by atoms with E-state index in [2.05, 4.69) is 22.0 Å². The number of furan rings is 1. The van der Waals surface area contributed by atoms with E-state index in [1.807, 2.05) is 31.4 Å². The minimum absolute atomic E-state index is 0.471. The highest BCUT2D eigenvalue weighted by atomic mass is 35.5. The average molecular weight is 287 g/mol. The lowest BCUT2D eigenvalue weighted by molar-refractivity contribution is 0.563. The normalized spacial score (nSPS) is 10.9. The fourth-order valence-electron chi connectivity index (χ4n) is 2.38. The predicted molar refractivity (Wildman–Crippen MR) is 82.1 cm³/mol. The molecule has 1 aromatic carbocycles. The van der Waals surface area contributed by atoms with Crippen molar-refractivity contribution in [3.8, 4) is 0 Å². The maximum absolute atomic E-state index is 5.99. The minimum atomic E-state index is 0.471. The molecule has 0 atom stereocenters. The van der Waals surface area contributed by atoms with Gasteiger partial charge in [0.25, 0.3) is 0 Å². The number of aromatic nitrogens is 1. The van der Waals surface area contributed by atoms with Crippen LogP contribution in [-0.4, -0.2) is 12.0 Å². The molecule has 3 nitrogen and oxygen atoms in total. The largest absolute Gasteiger partial charge is 0.472 e. The molecule has 3 aromatic rings. The summed E-state index contributed by atoms with van der Waals surface area (Å²) < 4.78 is 5.11. The summed E-state index contributed by atoms with van der Waals surface area (Å²) in [5.41, 5.74) is 2.18. The third kappa shape index (κ3) is 2.37. The first kappa shape index (κ1) is 13.0. The second-order valence-corrected chi connectivity index (χ2v) is 5.04. The van der Waals surface area contributed by atoms with Crippen molar-refractivity contribution < 1.29 is 4.42 Å². The van der Waals surface area contributed by atoms with Gasteiger partial charge >= 0.3 is 0 Å². The zero-order valence-corrected chi connectivity index (χ0v) is 12.0. The summed E-state index contributed by atoms with van der Waals surface area (Å²) >= 11 is 5.99. The first-order valence-electron chi connectivity index (χ1n) is 6.44. The fraction of sp³-hybridized carbons (Fsp3) is 0.188. The second-order valence-electron chi connectivity index (χ2n) is 4.77. The van der Waals surface area contributed by atoms with Gasteiger partial charge < -0.3 is 9.32 Å². The summed E-state index contributed by atoms with van der Waals surface area (Å²) in [6.45, 7) is 0.758. The fourth-order valence-corrected chi connectivity index (χ4v) is 2.59. The van der Waals surface area contributed by atoms with E-state index in [4.69, 9.17) is 16.0 Å². The number of anilines is 1. The van der Waals surface area contributed by atoms with Crippen LogP contribution in [0, 0.1) is 0 Å². The van der Waals surface area contributed by atoms with Crippen molar-refractivity contribution in [3.05, 3.63) is 60.2 Å². The van der Waals surface area contributed by atoms with Crippen LogP contribution in [-0.2, 0) is 12.4 Å². The van der Waals surface area contributed by atoms with E-state index in [0.717, 1.165) is 34.3 Å². The minimum Gasteiger partial charge on any atom is -0.472 e. The van der Waals surface area contributed by atoms with Gasteiger partial charge in [0, 0.05) is 36.6 Å². The lowest BCUT2D eigenvalue weighted by Crippen LogP contribution is -2.17. The Morgan fingerprint density at radius 1 is 1.20 bits per heavy atom. The van der Waals surface area contributed by atoms with Crippen LogP contribution in [0.4, 0.5) is 5.82 Å². The van der Waals surface area contributed by atoms with Gasteiger partial charge in [0.05, 0.1) is 12.5 Å². The standard InChI is InChI=1S/C16H15ClN2O/c1-19(10-12-6-7-20-11-12)16-15-5-3-2-4-14(15)13(8-17)9-18-16/h2-7,9,11H,8,10H2,1H3. The molecule has 0 aliphatic heterocycles. The number of hydrogen-bond donors (Lipinski definition) is 0. The third-order valence-electron chi connectivity index (χ3n) is 3.36. The van der Waals surface area contributed by atoms with Gasteiger partial charge in [0.1, 0.15) is 5.82 Å². The summed E-state index contributed by atoms with van der Waals surface area (Å²) in [5, 5.41) is 2.28. The van der Waals surface area contributed by atoms with E-state index in [1.165, 1.54) is 0 Å². The zero-order valence-electron chi connectivity index (χ0n) is 11.2. The number of pyridine rings is 1. The lowest BCUT2D eigenvalue weighted by atomic mass is 10.1. The van der Waals surface area contributed by atoms with Gasteiger partial charge in [0.2, 0.25) is 0 Å². The zero-order chi connectivity index (χ0) is 13.9. The molecule has 0 radical (unpaired) electrons. The number of rotatable bonds is 4. The van der Waals surface area contributed by atoms with Gasteiger partial charge in [-0.05, 0) is 17.0 Å². The van der Waals surface area contributed by atoms with Crippen LogP contribution in [0.5, 0.6) is 0 Å². The Morgan fingerprint density at radius 2 is 2.00 bits per heavy atom. The molecule has 0 spiro atoms. The average Bonchev–Trinajstić information content (AvgIpc) is 2.99. The molecule has 2 aromatic heterocycles. The van der Waals surface area contributed by atoms with Crippen LogP contribution in [0.25, 0.3) is 10.8 Å². The highest BCUT2D eigenvalue weighted by Crippen LogP contribution is 2.28. The molecule has 0 amide bonds. The van der Waals surface area contributed by atoms with Gasteiger partial charge in [-0.2, -0.15) is 0 Å². The highest BCUT2D eigenvalue weighted by molar-refractivity contribution is 6.18. The summed E-state index contributed by atoms with van der Waals surface area (Å²) in [5.74, 6) is 1.43. The quantitative estimate of drug-likeness (QED) is 0.673. The van der Waals surface area contributed by atoms with E-state index < -0.39 is 0 Å². The van der Waals surface area contributed by atoms with Crippen molar-refractivity contribution in [2.24, 2.45) is 0 Å². The van der Waals surface area contributed by atoms with Crippen LogP contribution in [0.15, 0.2) is 53.5 Å². The van der Waals surface area contributed by atoms with Gasteiger partial charge in [-0.25, -0.2) is 4.98 Å². The number of benzene rings is 1. The Morgan fingerprint density at radius 3 is 2.70 bits per heavy atom. The molecule has 0 unspecified atom stereocenters. The molecule has 0 saturated heterocycles. The van der Waals surface area contributed by atoms with E-state index in [1.54, 1.807) is 12.5 Å². The molecule has 20 heavy (non-hydrogen) atoms. The van der Waals surface area contributed by atoms with Crippen LogP contribution in [0.1, 0.15) is 11.1 Å². The molecule has 0 fully saturated rings. The SMILES string of the molecule is CN(Cc1ccoc1)c1ncc(CCl)c2ccccc12. The topological polar surface area (TPSA) is 29.3 Å². The number of nitrogens with zero attached hydrogens (tertiary/aromatic N) is 2. The predicted octanol–water partition coefficient (Wildman–Crippen LogP) is 4.20. The van der Waals surface area contributed by atoms with Crippen molar-refractivity contribution in [3.63, 3.8) is 0 Å². The summed E-state index contributed by atoms with van der Waals surface area (Å²) in [4.78, 5) is 6.69. The molecule has 0 saturated carbocycles. The molecular formula is C16H15ClN2O. The molecular weight excluding hydrogens is 272 g/mol. The second kappa shape index (κ2) is 5.55. The number of halogens is 1. The maximum atomic E-state index is 5.99. The number of fused-ring (bicyclic) bond motifs is 1. The smallest absolute Gasteiger partial charge is 0.136 e. The van der Waals surface area contributed by atoms with Gasteiger partial charge in [-0.1, -0.05) is 24.3 Å². The summed E-state index contributed by atoms with van der Waals surface area (Å²) in [6.07, 6.45) is 5.30. The van der Waals surface area contributed by atoms with Crippen molar-refractivity contribution in [1.29, 1.82) is 0 Å². The molecule has 4 heteroatoms. The summed E-state index contributed by atoms with van der Waals surface area (Å²) in [7, 11) is 2.03. The Bertz CT molecular complexity index is 710. The molecule has 0 N–H and O–H groups in total. The van der Waals surface area contributed by atoms with Gasteiger partial charge in [-0.15, -0.1) is 11.6 Å². The van der Waals surface area contributed by atoms with Crippen LogP contribution < -0.4 is 4.90 Å². The van der Waals surface area contributed by atoms with Gasteiger partial charge in [0.15, 0.2) is 0 Å². The molecule has 0 aliphatic carbocycles. The van der Waals surface area contributed by atoms with Crippen molar-refractivity contribution in [1.82, 2.24) is 4.98 Å². The molecule has 3 rings (SSSR count). The Kier molecular flexibility index (Phi) is 3.61. The summed E-state index contributed by atoms with van der Waals surface area (Å²) in [6, 6.07) is 10.2. The molecule has 0 aliphatic rings.